The predicted octanol–water partition coefficient (Wildman–Crippen LogP) is 0.363. The van der Waals surface area contributed by atoms with Gasteiger partial charge in [-0.15, -0.1) is 0 Å². The number of sulfonamides is 1. The van der Waals surface area contributed by atoms with Gasteiger partial charge in [-0.2, -0.15) is 0 Å². The van der Waals surface area contributed by atoms with Gasteiger partial charge in [0, 0.05) is 6.07 Å². The van der Waals surface area contributed by atoms with Crippen molar-refractivity contribution in [2.24, 2.45) is 5.14 Å². The number of primary sulfonamides is 1. The van der Waals surface area contributed by atoms with E-state index in [1.54, 1.807) is 0 Å². The molecule has 2 rings (SSSR count). The molecular formula is C12H16N2O6S. The van der Waals surface area contributed by atoms with Crippen LogP contribution < -0.4 is 10.5 Å². The third-order valence-electron chi connectivity index (χ3n) is 3.62. The van der Waals surface area contributed by atoms with Crippen molar-refractivity contribution >= 4 is 21.9 Å². The fourth-order valence-corrected chi connectivity index (χ4v) is 3.22. The minimum Gasteiger partial charge on any atom is -0.480 e. The molecule has 1 fully saturated rings. The van der Waals surface area contributed by atoms with Crippen molar-refractivity contribution in [1.29, 1.82) is 0 Å². The number of nitrogens with two attached hydrogens (primary N) is 1. The van der Waals surface area contributed by atoms with Crippen LogP contribution in [0.1, 0.15) is 42.0 Å². The van der Waals surface area contributed by atoms with Crippen LogP contribution in [0, 0.1) is 6.92 Å². The summed E-state index contributed by atoms with van der Waals surface area (Å²) >= 11 is 0. The Morgan fingerprint density at radius 1 is 1.38 bits per heavy atom. The lowest BCUT2D eigenvalue weighted by atomic mass is 9.98. The Kier molecular flexibility index (Phi) is 3.81. The maximum atomic E-state index is 12.1. The Hall–Kier alpha value is -1.87. The summed E-state index contributed by atoms with van der Waals surface area (Å²) < 4.78 is 27.7. The van der Waals surface area contributed by atoms with Crippen LogP contribution in [-0.4, -0.2) is 30.9 Å². The van der Waals surface area contributed by atoms with E-state index in [4.69, 9.17) is 9.56 Å². The van der Waals surface area contributed by atoms with E-state index in [9.17, 15) is 23.1 Å². The van der Waals surface area contributed by atoms with Crippen molar-refractivity contribution in [3.63, 3.8) is 0 Å². The molecule has 0 bridgehead atoms. The highest BCUT2D eigenvalue weighted by atomic mass is 32.2. The number of aryl methyl sites for hydroxylation is 1. The number of rotatable bonds is 4. The first-order valence-electron chi connectivity index (χ1n) is 6.35. The highest BCUT2D eigenvalue weighted by Crippen LogP contribution is 2.30. The summed E-state index contributed by atoms with van der Waals surface area (Å²) in [6.45, 7) is 1.36. The number of carbonyl (C=O) groups excluding carboxylic acids is 1. The second-order valence-corrected chi connectivity index (χ2v) is 6.65. The zero-order chi connectivity index (χ0) is 15.8. The van der Waals surface area contributed by atoms with Crippen molar-refractivity contribution < 1.29 is 27.5 Å². The summed E-state index contributed by atoms with van der Waals surface area (Å²) in [7, 11) is -4.00. The van der Waals surface area contributed by atoms with E-state index >= 15 is 0 Å². The van der Waals surface area contributed by atoms with E-state index in [2.05, 4.69) is 5.32 Å². The summed E-state index contributed by atoms with van der Waals surface area (Å²) in [6, 6.07) is 1.00. The molecule has 1 aromatic rings. The molecule has 116 valence electrons. The molecule has 0 aromatic carbocycles. The molecule has 1 heterocycles. The molecule has 0 radical (unpaired) electrons. The molecule has 0 aliphatic heterocycles. The topological polar surface area (TPSA) is 140 Å². The standard InChI is InChI=1S/C12H16N2O6S/c1-7-9(21(13,18)19)6-8(20-7)10(15)14-12(11(16)17)4-2-3-5-12/h6H,2-5H2,1H3,(H,14,15)(H,16,17)(H2,13,18,19). The van der Waals surface area contributed by atoms with Gasteiger partial charge in [-0.25, -0.2) is 18.4 Å². The monoisotopic (exact) mass is 316 g/mol. The number of furan rings is 1. The largest absolute Gasteiger partial charge is 0.480 e. The quantitative estimate of drug-likeness (QED) is 0.732. The number of nitrogens with one attached hydrogen (secondary N) is 1. The van der Waals surface area contributed by atoms with Gasteiger partial charge in [-0.1, -0.05) is 12.8 Å². The van der Waals surface area contributed by atoms with Crippen LogP contribution in [0.25, 0.3) is 0 Å². The molecule has 21 heavy (non-hydrogen) atoms. The molecule has 0 spiro atoms. The van der Waals surface area contributed by atoms with Gasteiger partial charge in [0.05, 0.1) is 0 Å². The van der Waals surface area contributed by atoms with Crippen LogP contribution in [0.3, 0.4) is 0 Å². The maximum absolute atomic E-state index is 12.1. The number of carboxylic acids is 1. The van der Waals surface area contributed by atoms with Crippen molar-refractivity contribution in [3.8, 4) is 0 Å². The Morgan fingerprint density at radius 3 is 2.38 bits per heavy atom. The fraction of sp³-hybridized carbons (Fsp3) is 0.500. The molecule has 9 heteroatoms. The minimum absolute atomic E-state index is 0.0153. The van der Waals surface area contributed by atoms with Crippen molar-refractivity contribution in [1.82, 2.24) is 5.32 Å². The molecule has 1 aliphatic rings. The van der Waals surface area contributed by atoms with Gasteiger partial charge >= 0.3 is 5.97 Å². The van der Waals surface area contributed by atoms with Gasteiger partial charge in [-0.3, -0.25) is 4.79 Å². The highest BCUT2D eigenvalue weighted by Gasteiger charge is 2.43. The molecule has 0 saturated heterocycles. The lowest BCUT2D eigenvalue weighted by molar-refractivity contribution is -0.144. The van der Waals surface area contributed by atoms with Crippen LogP contribution in [-0.2, 0) is 14.8 Å². The Bertz CT molecular complexity index is 685. The number of hydrogen-bond donors (Lipinski definition) is 3. The number of carboxylic acid groups (broad SMARTS) is 1. The average molecular weight is 316 g/mol. The lowest BCUT2D eigenvalue weighted by Crippen LogP contribution is -2.52. The molecular weight excluding hydrogens is 300 g/mol. The molecule has 4 N–H and O–H groups in total. The predicted molar refractivity (Wildman–Crippen MR) is 71.1 cm³/mol. The summed E-state index contributed by atoms with van der Waals surface area (Å²) in [5.74, 6) is -2.16. The van der Waals surface area contributed by atoms with E-state index in [0.717, 1.165) is 6.07 Å². The summed E-state index contributed by atoms with van der Waals surface area (Å²) in [5.41, 5.74) is -1.32. The van der Waals surface area contributed by atoms with Crippen LogP contribution in [0.15, 0.2) is 15.4 Å². The first-order valence-corrected chi connectivity index (χ1v) is 7.89. The third kappa shape index (κ3) is 2.93. The highest BCUT2D eigenvalue weighted by molar-refractivity contribution is 7.89. The van der Waals surface area contributed by atoms with Crippen LogP contribution in [0.2, 0.25) is 0 Å². The SMILES string of the molecule is Cc1oc(C(=O)NC2(C(=O)O)CCCC2)cc1S(N)(=O)=O. The Balaban J connectivity index is 2.27. The van der Waals surface area contributed by atoms with Gasteiger partial charge in [0.1, 0.15) is 16.2 Å². The molecule has 1 saturated carbocycles. The van der Waals surface area contributed by atoms with E-state index in [1.807, 2.05) is 0 Å². The minimum atomic E-state index is -4.00. The zero-order valence-corrected chi connectivity index (χ0v) is 12.2. The van der Waals surface area contributed by atoms with E-state index in [1.165, 1.54) is 6.92 Å². The van der Waals surface area contributed by atoms with Crippen molar-refractivity contribution in [2.75, 3.05) is 0 Å². The number of hydrogen-bond acceptors (Lipinski definition) is 5. The van der Waals surface area contributed by atoms with Gasteiger partial charge in [0.25, 0.3) is 5.91 Å². The average Bonchev–Trinajstić information content (AvgIpc) is 2.95. The summed E-state index contributed by atoms with van der Waals surface area (Å²) in [6.07, 6.45) is 2.06. The maximum Gasteiger partial charge on any atom is 0.329 e. The number of carbonyl (C=O) groups is 2. The second kappa shape index (κ2) is 5.15. The molecule has 1 aromatic heterocycles. The van der Waals surface area contributed by atoms with Crippen molar-refractivity contribution in [2.45, 2.75) is 43.0 Å². The van der Waals surface area contributed by atoms with Crippen molar-refractivity contribution in [3.05, 3.63) is 17.6 Å². The van der Waals surface area contributed by atoms with Crippen LogP contribution in [0.4, 0.5) is 0 Å². The molecule has 0 unspecified atom stereocenters. The first-order chi connectivity index (χ1) is 9.66. The summed E-state index contributed by atoms with van der Waals surface area (Å²) in [4.78, 5) is 23.2. The summed E-state index contributed by atoms with van der Waals surface area (Å²) in [5, 5.41) is 16.7. The zero-order valence-electron chi connectivity index (χ0n) is 11.4. The molecule has 1 aliphatic carbocycles. The third-order valence-corrected chi connectivity index (χ3v) is 4.64. The van der Waals surface area contributed by atoms with Crippen LogP contribution >= 0.6 is 0 Å². The van der Waals surface area contributed by atoms with E-state index in [-0.39, 0.29) is 16.4 Å². The number of aliphatic carboxylic acids is 1. The fourth-order valence-electron chi connectivity index (χ4n) is 2.51. The molecule has 8 nitrogen and oxygen atoms in total. The van der Waals surface area contributed by atoms with Gasteiger partial charge in [0.15, 0.2) is 5.76 Å². The van der Waals surface area contributed by atoms with E-state index < -0.39 is 27.4 Å². The van der Waals surface area contributed by atoms with Crippen LogP contribution in [0.5, 0.6) is 0 Å². The molecule has 1 amide bonds. The Morgan fingerprint density at radius 2 is 1.95 bits per heavy atom. The van der Waals surface area contributed by atoms with Gasteiger partial charge < -0.3 is 14.8 Å². The first kappa shape index (κ1) is 15.5. The van der Waals surface area contributed by atoms with Gasteiger partial charge in [0.2, 0.25) is 10.0 Å². The number of amides is 1. The Labute approximate surface area is 121 Å². The second-order valence-electron chi connectivity index (χ2n) is 5.12. The van der Waals surface area contributed by atoms with E-state index in [0.29, 0.717) is 25.7 Å². The normalized spacial score (nSPS) is 17.6. The smallest absolute Gasteiger partial charge is 0.329 e. The van der Waals surface area contributed by atoms with Gasteiger partial charge in [-0.05, 0) is 19.8 Å². The lowest BCUT2D eigenvalue weighted by Gasteiger charge is -2.24. The molecule has 0 atom stereocenters.